The van der Waals surface area contributed by atoms with Gasteiger partial charge in [-0.3, -0.25) is 4.79 Å². The van der Waals surface area contributed by atoms with Gasteiger partial charge >= 0.3 is 0 Å². The van der Waals surface area contributed by atoms with Gasteiger partial charge in [0.1, 0.15) is 0 Å². The van der Waals surface area contributed by atoms with Crippen LogP contribution in [0, 0.1) is 5.41 Å². The van der Waals surface area contributed by atoms with Crippen molar-refractivity contribution in [3.63, 3.8) is 0 Å². The highest BCUT2D eigenvalue weighted by Gasteiger charge is 2.12. The standard InChI is InChI=1S/C19H22ClN5O/c1-12(21)16(11-22-2)19(26)25-15-8-9-18(17(20)10-15)24-14-6-4-13(23-3)5-7-14/h4-11,21-24H,1-3H3,(H,25,26)/b16-11+,21-12?. The van der Waals surface area contributed by atoms with Gasteiger partial charge in [-0.1, -0.05) is 11.6 Å². The summed E-state index contributed by atoms with van der Waals surface area (Å²) in [6.45, 7) is 1.56. The zero-order valence-electron chi connectivity index (χ0n) is 14.9. The Hall–Kier alpha value is -2.99. The van der Waals surface area contributed by atoms with Crippen molar-refractivity contribution in [2.45, 2.75) is 6.92 Å². The minimum Gasteiger partial charge on any atom is -0.393 e. The van der Waals surface area contributed by atoms with Gasteiger partial charge in [0.25, 0.3) is 5.91 Å². The van der Waals surface area contributed by atoms with Crippen LogP contribution >= 0.6 is 11.6 Å². The van der Waals surface area contributed by atoms with Crippen LogP contribution in [0.3, 0.4) is 0 Å². The fraction of sp³-hybridized carbons (Fsp3) is 0.158. The van der Waals surface area contributed by atoms with E-state index in [1.807, 2.05) is 31.3 Å². The van der Waals surface area contributed by atoms with Crippen LogP contribution < -0.4 is 21.3 Å². The van der Waals surface area contributed by atoms with Gasteiger partial charge < -0.3 is 26.7 Å². The van der Waals surface area contributed by atoms with E-state index in [1.54, 1.807) is 32.2 Å². The van der Waals surface area contributed by atoms with Crippen LogP contribution in [0.2, 0.25) is 5.02 Å². The highest BCUT2D eigenvalue weighted by atomic mass is 35.5. The predicted molar refractivity (Wildman–Crippen MR) is 110 cm³/mol. The van der Waals surface area contributed by atoms with Crippen LogP contribution in [0.5, 0.6) is 0 Å². The lowest BCUT2D eigenvalue weighted by Gasteiger charge is -2.12. The first-order valence-electron chi connectivity index (χ1n) is 8.03. The molecule has 0 heterocycles. The van der Waals surface area contributed by atoms with Gasteiger partial charge in [-0.2, -0.15) is 0 Å². The van der Waals surface area contributed by atoms with Crippen LogP contribution in [-0.4, -0.2) is 25.7 Å². The topological polar surface area (TPSA) is 89.0 Å². The normalized spacial score (nSPS) is 10.8. The number of carbonyl (C=O) groups is 1. The second kappa shape index (κ2) is 8.92. The van der Waals surface area contributed by atoms with Gasteiger partial charge in [-0.05, 0) is 49.4 Å². The second-order valence-corrected chi connectivity index (χ2v) is 5.98. The molecule has 0 aromatic heterocycles. The molecule has 136 valence electrons. The molecule has 2 aromatic rings. The molecule has 1 amide bonds. The number of carbonyl (C=O) groups excluding carboxylic acids is 1. The molecule has 0 fully saturated rings. The maximum Gasteiger partial charge on any atom is 0.258 e. The maximum absolute atomic E-state index is 12.3. The average Bonchev–Trinajstić information content (AvgIpc) is 2.62. The predicted octanol–water partition coefficient (Wildman–Crippen LogP) is 4.21. The maximum atomic E-state index is 12.3. The summed E-state index contributed by atoms with van der Waals surface area (Å²) in [5, 5.41) is 20.0. The first-order chi connectivity index (χ1) is 12.4. The number of benzene rings is 2. The van der Waals surface area contributed by atoms with Gasteiger partial charge in [0.05, 0.1) is 16.3 Å². The number of anilines is 4. The Morgan fingerprint density at radius 3 is 2.19 bits per heavy atom. The van der Waals surface area contributed by atoms with Crippen LogP contribution in [0.25, 0.3) is 0 Å². The summed E-state index contributed by atoms with van der Waals surface area (Å²) < 4.78 is 0. The van der Waals surface area contributed by atoms with Gasteiger partial charge in [-0.25, -0.2) is 0 Å². The van der Waals surface area contributed by atoms with Crippen molar-refractivity contribution in [2.75, 3.05) is 30.0 Å². The van der Waals surface area contributed by atoms with E-state index >= 15 is 0 Å². The lowest BCUT2D eigenvalue weighted by atomic mass is 10.1. The molecular weight excluding hydrogens is 350 g/mol. The minimum absolute atomic E-state index is 0.172. The molecule has 0 saturated heterocycles. The Bertz CT molecular complexity index is 830. The molecule has 6 nitrogen and oxygen atoms in total. The average molecular weight is 372 g/mol. The molecule has 26 heavy (non-hydrogen) atoms. The summed E-state index contributed by atoms with van der Waals surface area (Å²) in [6.07, 6.45) is 1.49. The summed E-state index contributed by atoms with van der Waals surface area (Å²) in [6, 6.07) is 13.0. The molecule has 0 aliphatic rings. The molecule has 0 aliphatic carbocycles. The second-order valence-electron chi connectivity index (χ2n) is 5.57. The number of rotatable bonds is 7. The fourth-order valence-corrected chi connectivity index (χ4v) is 2.48. The number of hydrogen-bond acceptors (Lipinski definition) is 5. The minimum atomic E-state index is -0.369. The number of hydrogen-bond donors (Lipinski definition) is 5. The van der Waals surface area contributed by atoms with E-state index in [1.165, 1.54) is 6.20 Å². The van der Waals surface area contributed by atoms with E-state index in [0.717, 1.165) is 17.1 Å². The monoisotopic (exact) mass is 371 g/mol. The summed E-state index contributed by atoms with van der Waals surface area (Å²) in [5.74, 6) is -0.369. The smallest absolute Gasteiger partial charge is 0.258 e. The van der Waals surface area contributed by atoms with Gasteiger partial charge in [0.15, 0.2) is 0 Å². The Labute approximate surface area is 158 Å². The van der Waals surface area contributed by atoms with Crippen molar-refractivity contribution in [3.05, 3.63) is 59.3 Å². The molecule has 0 bridgehead atoms. The van der Waals surface area contributed by atoms with E-state index in [9.17, 15) is 4.79 Å². The molecule has 7 heteroatoms. The van der Waals surface area contributed by atoms with Gasteiger partial charge in [0, 0.05) is 43.1 Å². The zero-order valence-corrected chi connectivity index (χ0v) is 15.7. The molecule has 2 rings (SSSR count). The Kier molecular flexibility index (Phi) is 6.63. The molecule has 2 aromatic carbocycles. The lowest BCUT2D eigenvalue weighted by molar-refractivity contribution is -0.112. The quantitative estimate of drug-likeness (QED) is 0.372. The third-order valence-electron chi connectivity index (χ3n) is 3.62. The van der Waals surface area contributed by atoms with Crippen LogP contribution in [0.4, 0.5) is 22.7 Å². The highest BCUT2D eigenvalue weighted by Crippen LogP contribution is 2.29. The molecule has 5 N–H and O–H groups in total. The Morgan fingerprint density at radius 2 is 1.65 bits per heavy atom. The van der Waals surface area contributed by atoms with E-state index in [-0.39, 0.29) is 17.2 Å². The molecule has 0 unspecified atom stereocenters. The summed E-state index contributed by atoms with van der Waals surface area (Å²) in [7, 11) is 3.54. The van der Waals surface area contributed by atoms with Crippen molar-refractivity contribution in [1.82, 2.24) is 5.32 Å². The number of halogens is 1. The summed E-state index contributed by atoms with van der Waals surface area (Å²) in [5.41, 5.74) is 3.64. The summed E-state index contributed by atoms with van der Waals surface area (Å²) in [4.78, 5) is 12.3. The van der Waals surface area contributed by atoms with Crippen molar-refractivity contribution in [3.8, 4) is 0 Å². The van der Waals surface area contributed by atoms with Crippen molar-refractivity contribution >= 4 is 46.0 Å². The third-order valence-corrected chi connectivity index (χ3v) is 3.93. The van der Waals surface area contributed by atoms with Crippen LogP contribution in [0.15, 0.2) is 54.2 Å². The SMILES string of the molecule is CN/C=C(\C(C)=N)C(=O)Nc1ccc(Nc2ccc(NC)cc2)c(Cl)c1. The van der Waals surface area contributed by atoms with E-state index in [2.05, 4.69) is 21.3 Å². The fourth-order valence-electron chi connectivity index (χ4n) is 2.26. The largest absolute Gasteiger partial charge is 0.393 e. The van der Waals surface area contributed by atoms with Gasteiger partial charge in [0.2, 0.25) is 0 Å². The third kappa shape index (κ3) is 5.00. The summed E-state index contributed by atoms with van der Waals surface area (Å²) >= 11 is 6.33. The molecule has 0 saturated carbocycles. The van der Waals surface area contributed by atoms with Crippen molar-refractivity contribution < 1.29 is 4.79 Å². The Balaban J connectivity index is 2.12. The van der Waals surface area contributed by atoms with Crippen LogP contribution in [-0.2, 0) is 4.79 Å². The Morgan fingerprint density at radius 1 is 1.04 bits per heavy atom. The molecular formula is C19H22ClN5O. The number of nitrogens with one attached hydrogen (secondary N) is 5. The zero-order chi connectivity index (χ0) is 19.1. The first-order valence-corrected chi connectivity index (χ1v) is 8.41. The molecule has 0 spiro atoms. The lowest BCUT2D eigenvalue weighted by Crippen LogP contribution is -2.20. The van der Waals surface area contributed by atoms with E-state index < -0.39 is 0 Å². The molecule has 0 aliphatic heterocycles. The van der Waals surface area contributed by atoms with Crippen LogP contribution in [0.1, 0.15) is 6.92 Å². The first kappa shape index (κ1) is 19.3. The molecule has 0 atom stereocenters. The molecule has 0 radical (unpaired) electrons. The highest BCUT2D eigenvalue weighted by molar-refractivity contribution is 6.34. The van der Waals surface area contributed by atoms with Gasteiger partial charge in [-0.15, -0.1) is 0 Å². The van der Waals surface area contributed by atoms with E-state index in [4.69, 9.17) is 17.0 Å². The van der Waals surface area contributed by atoms with E-state index in [0.29, 0.717) is 10.7 Å². The van der Waals surface area contributed by atoms with Crippen molar-refractivity contribution in [2.24, 2.45) is 0 Å². The van der Waals surface area contributed by atoms with Crippen molar-refractivity contribution in [1.29, 1.82) is 5.41 Å². The number of amides is 1.